The predicted molar refractivity (Wildman–Crippen MR) is 84.9 cm³/mol. The molecular weight excluding hydrogens is 302 g/mol. The molecule has 3 saturated heterocycles. The molecule has 0 saturated carbocycles. The van der Waals surface area contributed by atoms with Crippen molar-refractivity contribution in [1.82, 2.24) is 14.5 Å². The van der Waals surface area contributed by atoms with E-state index in [0.717, 1.165) is 13.0 Å². The first-order chi connectivity index (χ1) is 10.4. The highest BCUT2D eigenvalue weighted by Crippen LogP contribution is 2.28. The fraction of sp³-hybridized carbons (Fsp3) is 0.933. The Bertz CT molecular complexity index is 514. The van der Waals surface area contributed by atoms with Gasteiger partial charge in [-0.2, -0.15) is 0 Å². The number of piperidine rings is 2. The van der Waals surface area contributed by atoms with E-state index in [2.05, 4.69) is 10.2 Å². The lowest BCUT2D eigenvalue weighted by Crippen LogP contribution is -2.50. The molecule has 0 spiro atoms. The summed E-state index contributed by atoms with van der Waals surface area (Å²) >= 11 is 0. The van der Waals surface area contributed by atoms with Crippen molar-refractivity contribution in [3.8, 4) is 0 Å². The van der Waals surface area contributed by atoms with Crippen molar-refractivity contribution in [2.75, 3.05) is 32.4 Å². The average Bonchev–Trinajstić information content (AvgIpc) is 2.90. The molecule has 1 N–H and O–H groups in total. The van der Waals surface area contributed by atoms with Gasteiger partial charge in [0.05, 0.1) is 6.26 Å². The molecule has 3 aliphatic heterocycles. The van der Waals surface area contributed by atoms with Crippen LogP contribution in [0.5, 0.6) is 0 Å². The van der Waals surface area contributed by atoms with Gasteiger partial charge < -0.3 is 5.32 Å². The Kier molecular flexibility index (Phi) is 4.75. The number of carbonyl (C=O) groups excluding carboxylic acids is 1. The molecule has 3 fully saturated rings. The van der Waals surface area contributed by atoms with Gasteiger partial charge in [0, 0.05) is 37.6 Å². The van der Waals surface area contributed by atoms with Crippen LogP contribution in [0, 0.1) is 5.92 Å². The van der Waals surface area contributed by atoms with Crippen LogP contribution in [0.15, 0.2) is 0 Å². The van der Waals surface area contributed by atoms with Crippen LogP contribution in [-0.4, -0.2) is 68.0 Å². The quantitative estimate of drug-likeness (QED) is 0.814. The van der Waals surface area contributed by atoms with Gasteiger partial charge in [-0.3, -0.25) is 9.69 Å². The molecule has 0 aromatic carbocycles. The van der Waals surface area contributed by atoms with Crippen LogP contribution in [-0.2, 0) is 14.8 Å². The number of hydrogen-bond acceptors (Lipinski definition) is 4. The summed E-state index contributed by atoms with van der Waals surface area (Å²) in [6.45, 7) is 3.21. The molecule has 2 unspecified atom stereocenters. The number of hydrogen-bond donors (Lipinski definition) is 1. The third-order valence-electron chi connectivity index (χ3n) is 5.48. The van der Waals surface area contributed by atoms with Crippen molar-refractivity contribution < 1.29 is 13.2 Å². The number of amides is 1. The third-order valence-corrected chi connectivity index (χ3v) is 6.78. The molecule has 0 bridgehead atoms. The van der Waals surface area contributed by atoms with E-state index in [0.29, 0.717) is 38.0 Å². The van der Waals surface area contributed by atoms with Gasteiger partial charge in [0.2, 0.25) is 15.9 Å². The molecule has 0 aromatic heterocycles. The normalized spacial score (nSPS) is 31.9. The Balaban J connectivity index is 1.51. The highest BCUT2D eigenvalue weighted by molar-refractivity contribution is 7.88. The average molecular weight is 329 g/mol. The smallest absolute Gasteiger partial charge is 0.223 e. The Morgan fingerprint density at radius 2 is 1.73 bits per heavy atom. The molecule has 0 radical (unpaired) electrons. The standard InChI is InChI=1S/C15H27N3O3S/c1-22(20,21)18-10-5-12(6-11-18)15(19)16-13-7-9-17-8-3-2-4-14(13)17/h12-14H,2-11H2,1H3,(H,16,19). The lowest BCUT2D eigenvalue weighted by molar-refractivity contribution is -0.127. The van der Waals surface area contributed by atoms with Crippen LogP contribution in [0.2, 0.25) is 0 Å². The lowest BCUT2D eigenvalue weighted by atomic mass is 9.95. The van der Waals surface area contributed by atoms with Crippen LogP contribution >= 0.6 is 0 Å². The Hall–Kier alpha value is -0.660. The molecule has 0 aliphatic carbocycles. The first-order valence-corrected chi connectivity index (χ1v) is 10.3. The van der Waals surface area contributed by atoms with Crippen molar-refractivity contribution in [3.05, 3.63) is 0 Å². The molecule has 7 heteroatoms. The van der Waals surface area contributed by atoms with Gasteiger partial charge in [0.1, 0.15) is 0 Å². The van der Waals surface area contributed by atoms with E-state index in [1.807, 2.05) is 0 Å². The number of fused-ring (bicyclic) bond motifs is 1. The number of rotatable bonds is 3. The Morgan fingerprint density at radius 1 is 1.00 bits per heavy atom. The van der Waals surface area contributed by atoms with E-state index < -0.39 is 10.0 Å². The second-order valence-electron chi connectivity index (χ2n) is 6.94. The minimum absolute atomic E-state index is 0.0318. The summed E-state index contributed by atoms with van der Waals surface area (Å²) in [6.07, 6.45) is 7.31. The second kappa shape index (κ2) is 6.45. The van der Waals surface area contributed by atoms with Crippen molar-refractivity contribution in [2.24, 2.45) is 5.92 Å². The first kappa shape index (κ1) is 16.2. The molecule has 3 heterocycles. The molecule has 0 aromatic rings. The molecular formula is C15H27N3O3S. The fourth-order valence-corrected chi connectivity index (χ4v) is 5.04. The molecule has 3 rings (SSSR count). The summed E-state index contributed by atoms with van der Waals surface area (Å²) in [5.74, 6) is 0.0983. The zero-order valence-corrected chi connectivity index (χ0v) is 14.1. The summed E-state index contributed by atoms with van der Waals surface area (Å²) in [7, 11) is -3.12. The molecule has 22 heavy (non-hydrogen) atoms. The Morgan fingerprint density at radius 3 is 2.41 bits per heavy atom. The number of sulfonamides is 1. The predicted octanol–water partition coefficient (Wildman–Crippen LogP) is 0.401. The van der Waals surface area contributed by atoms with E-state index in [1.54, 1.807) is 0 Å². The fourth-order valence-electron chi connectivity index (χ4n) is 4.17. The van der Waals surface area contributed by atoms with Crippen molar-refractivity contribution in [2.45, 2.75) is 50.6 Å². The Labute approximate surface area is 133 Å². The van der Waals surface area contributed by atoms with E-state index in [9.17, 15) is 13.2 Å². The van der Waals surface area contributed by atoms with Gasteiger partial charge in [0.15, 0.2) is 0 Å². The summed E-state index contributed by atoms with van der Waals surface area (Å²) in [6, 6.07) is 0.814. The molecule has 3 aliphatic rings. The van der Waals surface area contributed by atoms with Gasteiger partial charge in [-0.1, -0.05) is 6.42 Å². The van der Waals surface area contributed by atoms with Crippen LogP contribution in [0.4, 0.5) is 0 Å². The monoisotopic (exact) mass is 329 g/mol. The summed E-state index contributed by atoms with van der Waals surface area (Å²) in [5.41, 5.74) is 0. The van der Waals surface area contributed by atoms with Gasteiger partial charge >= 0.3 is 0 Å². The van der Waals surface area contributed by atoms with Crippen molar-refractivity contribution >= 4 is 15.9 Å². The highest BCUT2D eigenvalue weighted by atomic mass is 32.2. The minimum Gasteiger partial charge on any atom is -0.352 e. The SMILES string of the molecule is CS(=O)(=O)N1CCC(C(=O)NC2CCN3CCCCC23)CC1. The van der Waals surface area contributed by atoms with E-state index in [-0.39, 0.29) is 11.8 Å². The van der Waals surface area contributed by atoms with Gasteiger partial charge in [-0.15, -0.1) is 0 Å². The summed E-state index contributed by atoms with van der Waals surface area (Å²) < 4.78 is 24.5. The summed E-state index contributed by atoms with van der Waals surface area (Å²) in [5, 5.41) is 3.25. The third kappa shape index (κ3) is 3.46. The maximum atomic E-state index is 12.5. The topological polar surface area (TPSA) is 69.7 Å². The van der Waals surface area contributed by atoms with Gasteiger partial charge in [-0.25, -0.2) is 12.7 Å². The zero-order chi connectivity index (χ0) is 15.7. The van der Waals surface area contributed by atoms with E-state index in [1.165, 1.54) is 36.4 Å². The second-order valence-corrected chi connectivity index (χ2v) is 8.92. The maximum Gasteiger partial charge on any atom is 0.223 e. The lowest BCUT2D eigenvalue weighted by Gasteiger charge is -2.34. The van der Waals surface area contributed by atoms with Crippen LogP contribution in [0.25, 0.3) is 0 Å². The number of nitrogens with one attached hydrogen (secondary N) is 1. The van der Waals surface area contributed by atoms with Gasteiger partial charge in [-0.05, 0) is 38.6 Å². The van der Waals surface area contributed by atoms with Crippen LogP contribution < -0.4 is 5.32 Å². The zero-order valence-electron chi connectivity index (χ0n) is 13.3. The summed E-state index contributed by atoms with van der Waals surface area (Å²) in [4.78, 5) is 15.0. The van der Waals surface area contributed by atoms with E-state index >= 15 is 0 Å². The van der Waals surface area contributed by atoms with Crippen LogP contribution in [0.3, 0.4) is 0 Å². The van der Waals surface area contributed by atoms with Crippen molar-refractivity contribution in [1.29, 1.82) is 0 Å². The van der Waals surface area contributed by atoms with Crippen molar-refractivity contribution in [3.63, 3.8) is 0 Å². The van der Waals surface area contributed by atoms with Gasteiger partial charge in [0.25, 0.3) is 0 Å². The molecule has 2 atom stereocenters. The minimum atomic E-state index is -3.12. The molecule has 126 valence electrons. The maximum absolute atomic E-state index is 12.5. The number of carbonyl (C=O) groups is 1. The molecule has 6 nitrogen and oxygen atoms in total. The largest absolute Gasteiger partial charge is 0.352 e. The highest BCUT2D eigenvalue weighted by Gasteiger charge is 2.37. The molecule has 1 amide bonds. The van der Waals surface area contributed by atoms with E-state index in [4.69, 9.17) is 0 Å². The van der Waals surface area contributed by atoms with Crippen LogP contribution in [0.1, 0.15) is 38.5 Å². The first-order valence-electron chi connectivity index (χ1n) is 8.45. The number of nitrogens with zero attached hydrogens (tertiary/aromatic N) is 2.